The van der Waals surface area contributed by atoms with Gasteiger partial charge in [0.15, 0.2) is 11.5 Å². The van der Waals surface area contributed by atoms with Gasteiger partial charge in [-0.1, -0.05) is 17.7 Å². The number of rotatable bonds is 8. The Labute approximate surface area is 170 Å². The number of nitrogens with zero attached hydrogens (tertiary/aromatic N) is 1. The van der Waals surface area contributed by atoms with Crippen LogP contribution in [0.15, 0.2) is 47.4 Å². The van der Waals surface area contributed by atoms with Crippen LogP contribution < -0.4 is 14.8 Å². The maximum absolute atomic E-state index is 12.6. The third-order valence-electron chi connectivity index (χ3n) is 4.17. The van der Waals surface area contributed by atoms with Gasteiger partial charge in [-0.25, -0.2) is 8.42 Å². The van der Waals surface area contributed by atoms with Crippen LogP contribution in [0.5, 0.6) is 11.5 Å². The van der Waals surface area contributed by atoms with Crippen LogP contribution in [0.2, 0.25) is 5.02 Å². The average molecular weight is 427 g/mol. The van der Waals surface area contributed by atoms with E-state index in [0.717, 1.165) is 9.87 Å². The van der Waals surface area contributed by atoms with E-state index in [-0.39, 0.29) is 17.5 Å². The van der Waals surface area contributed by atoms with Crippen molar-refractivity contribution >= 4 is 27.5 Å². The van der Waals surface area contributed by atoms with Crippen molar-refractivity contribution in [3.63, 3.8) is 0 Å². The lowest BCUT2D eigenvalue weighted by atomic mass is 10.1. The first-order chi connectivity index (χ1) is 13.2. The summed E-state index contributed by atoms with van der Waals surface area (Å²) in [6, 6.07) is 10.7. The van der Waals surface area contributed by atoms with Crippen LogP contribution in [-0.2, 0) is 14.8 Å². The van der Waals surface area contributed by atoms with E-state index in [1.807, 2.05) is 0 Å². The minimum atomic E-state index is -3.79. The minimum absolute atomic E-state index is 0.0696. The van der Waals surface area contributed by atoms with Crippen molar-refractivity contribution in [2.24, 2.45) is 0 Å². The molecule has 0 aliphatic heterocycles. The maximum Gasteiger partial charge on any atom is 0.243 e. The summed E-state index contributed by atoms with van der Waals surface area (Å²) in [6.45, 7) is 1.48. The van der Waals surface area contributed by atoms with Gasteiger partial charge in [0, 0.05) is 12.1 Å². The summed E-state index contributed by atoms with van der Waals surface area (Å²) in [6.07, 6.45) is 0. The van der Waals surface area contributed by atoms with Gasteiger partial charge in [-0.2, -0.15) is 4.31 Å². The summed E-state index contributed by atoms with van der Waals surface area (Å²) in [5.41, 5.74) is 0.800. The van der Waals surface area contributed by atoms with E-state index in [4.69, 9.17) is 21.1 Å². The van der Waals surface area contributed by atoms with Crippen molar-refractivity contribution in [2.45, 2.75) is 17.9 Å². The standard InChI is InChI=1S/C19H23ClN2O5S/c1-13(14-5-10-17(26-3)18(11-14)27-4)21-19(23)12-22(2)28(24,25)16-8-6-15(20)7-9-16/h5-11,13H,12H2,1-4H3,(H,21,23). The number of ether oxygens (including phenoxy) is 2. The first kappa shape index (κ1) is 22.0. The summed E-state index contributed by atoms with van der Waals surface area (Å²) in [5, 5.41) is 3.22. The van der Waals surface area contributed by atoms with Gasteiger partial charge in [-0.05, 0) is 48.9 Å². The molecular weight excluding hydrogens is 404 g/mol. The molecule has 1 N–H and O–H groups in total. The number of carbonyl (C=O) groups is 1. The second-order valence-electron chi connectivity index (χ2n) is 6.12. The predicted octanol–water partition coefficient (Wildman–Crippen LogP) is 2.86. The number of hydrogen-bond acceptors (Lipinski definition) is 5. The molecule has 28 heavy (non-hydrogen) atoms. The summed E-state index contributed by atoms with van der Waals surface area (Å²) in [7, 11) is 0.629. The third kappa shape index (κ3) is 5.15. The molecule has 1 unspecified atom stereocenters. The van der Waals surface area contributed by atoms with E-state index in [1.165, 1.54) is 38.4 Å². The number of methoxy groups -OCH3 is 2. The quantitative estimate of drug-likeness (QED) is 0.701. The number of benzene rings is 2. The van der Waals surface area contributed by atoms with Gasteiger partial charge in [-0.3, -0.25) is 4.79 Å². The molecule has 0 aliphatic carbocycles. The SMILES string of the molecule is COc1ccc(C(C)NC(=O)CN(C)S(=O)(=O)c2ccc(Cl)cc2)cc1OC. The van der Waals surface area contributed by atoms with Gasteiger partial charge < -0.3 is 14.8 Å². The van der Waals surface area contributed by atoms with Gasteiger partial charge >= 0.3 is 0 Å². The topological polar surface area (TPSA) is 84.9 Å². The molecule has 2 aromatic carbocycles. The summed E-state index contributed by atoms with van der Waals surface area (Å²) < 4.78 is 36.6. The van der Waals surface area contributed by atoms with Crippen molar-refractivity contribution < 1.29 is 22.7 Å². The summed E-state index contributed by atoms with van der Waals surface area (Å²) in [4.78, 5) is 12.4. The molecule has 2 aromatic rings. The van der Waals surface area contributed by atoms with Crippen LogP contribution in [0.25, 0.3) is 0 Å². The predicted molar refractivity (Wildman–Crippen MR) is 107 cm³/mol. The largest absolute Gasteiger partial charge is 0.493 e. The Morgan fingerprint density at radius 1 is 1.11 bits per heavy atom. The fraction of sp³-hybridized carbons (Fsp3) is 0.316. The zero-order valence-electron chi connectivity index (χ0n) is 16.1. The first-order valence-corrected chi connectivity index (χ1v) is 10.2. The van der Waals surface area contributed by atoms with Crippen molar-refractivity contribution in [2.75, 3.05) is 27.8 Å². The number of amides is 1. The normalized spacial score (nSPS) is 12.5. The molecule has 9 heteroatoms. The molecule has 0 saturated carbocycles. The second-order valence-corrected chi connectivity index (χ2v) is 8.60. The lowest BCUT2D eigenvalue weighted by Crippen LogP contribution is -2.39. The molecule has 0 bridgehead atoms. The second kappa shape index (κ2) is 9.27. The van der Waals surface area contributed by atoms with E-state index in [9.17, 15) is 13.2 Å². The average Bonchev–Trinajstić information content (AvgIpc) is 2.67. The van der Waals surface area contributed by atoms with Gasteiger partial charge in [0.25, 0.3) is 0 Å². The number of nitrogens with one attached hydrogen (secondary N) is 1. The molecule has 0 aliphatic rings. The number of halogens is 1. The van der Waals surface area contributed by atoms with Gasteiger partial charge in [-0.15, -0.1) is 0 Å². The number of carbonyl (C=O) groups excluding carboxylic acids is 1. The van der Waals surface area contributed by atoms with Crippen molar-refractivity contribution in [1.82, 2.24) is 9.62 Å². The molecule has 1 amide bonds. The molecule has 152 valence electrons. The molecule has 0 radical (unpaired) electrons. The molecule has 0 aromatic heterocycles. The maximum atomic E-state index is 12.6. The highest BCUT2D eigenvalue weighted by Crippen LogP contribution is 2.29. The van der Waals surface area contributed by atoms with Crippen molar-refractivity contribution in [1.29, 1.82) is 0 Å². The van der Waals surface area contributed by atoms with E-state index < -0.39 is 15.9 Å². The fourth-order valence-corrected chi connectivity index (χ4v) is 3.82. The van der Waals surface area contributed by atoms with Crippen LogP contribution in [0.3, 0.4) is 0 Å². The van der Waals surface area contributed by atoms with E-state index >= 15 is 0 Å². The third-order valence-corrected chi connectivity index (χ3v) is 6.24. The molecular formula is C19H23ClN2O5S. The Bertz CT molecular complexity index is 932. The van der Waals surface area contributed by atoms with Crippen molar-refractivity contribution in [3.05, 3.63) is 53.1 Å². The first-order valence-electron chi connectivity index (χ1n) is 8.42. The van der Waals surface area contributed by atoms with Crippen LogP contribution in [0.1, 0.15) is 18.5 Å². The molecule has 0 fully saturated rings. The summed E-state index contributed by atoms with van der Waals surface area (Å²) in [5.74, 6) is 0.699. The smallest absolute Gasteiger partial charge is 0.243 e. The lowest BCUT2D eigenvalue weighted by molar-refractivity contribution is -0.121. The highest BCUT2D eigenvalue weighted by Gasteiger charge is 2.23. The number of sulfonamides is 1. The Hall–Kier alpha value is -2.29. The van der Waals surface area contributed by atoms with Gasteiger partial charge in [0.05, 0.1) is 31.7 Å². The van der Waals surface area contributed by atoms with Crippen LogP contribution in [0.4, 0.5) is 0 Å². The fourth-order valence-electron chi connectivity index (χ4n) is 2.57. The lowest BCUT2D eigenvalue weighted by Gasteiger charge is -2.20. The Morgan fingerprint density at radius 2 is 1.71 bits per heavy atom. The highest BCUT2D eigenvalue weighted by molar-refractivity contribution is 7.89. The molecule has 1 atom stereocenters. The van der Waals surface area contributed by atoms with E-state index in [1.54, 1.807) is 32.2 Å². The zero-order valence-corrected chi connectivity index (χ0v) is 17.7. The molecule has 0 heterocycles. The highest BCUT2D eigenvalue weighted by atomic mass is 35.5. The Morgan fingerprint density at radius 3 is 2.29 bits per heavy atom. The molecule has 0 spiro atoms. The Kier molecular flexibility index (Phi) is 7.29. The monoisotopic (exact) mass is 426 g/mol. The van der Waals surface area contributed by atoms with E-state index in [2.05, 4.69) is 5.32 Å². The van der Waals surface area contributed by atoms with Gasteiger partial charge in [0.2, 0.25) is 15.9 Å². The molecule has 0 saturated heterocycles. The van der Waals surface area contributed by atoms with Gasteiger partial charge in [0.1, 0.15) is 0 Å². The van der Waals surface area contributed by atoms with E-state index in [0.29, 0.717) is 16.5 Å². The van der Waals surface area contributed by atoms with Crippen LogP contribution in [-0.4, -0.2) is 46.4 Å². The summed E-state index contributed by atoms with van der Waals surface area (Å²) >= 11 is 5.79. The number of hydrogen-bond donors (Lipinski definition) is 1. The van der Waals surface area contributed by atoms with Crippen LogP contribution >= 0.6 is 11.6 Å². The molecule has 7 nitrogen and oxygen atoms in total. The number of likely N-dealkylation sites (N-methyl/N-ethyl adjacent to an activating group) is 1. The molecule has 2 rings (SSSR count). The minimum Gasteiger partial charge on any atom is -0.493 e. The van der Waals surface area contributed by atoms with Crippen molar-refractivity contribution in [3.8, 4) is 11.5 Å². The Balaban J connectivity index is 2.05. The zero-order chi connectivity index (χ0) is 20.9. The van der Waals surface area contributed by atoms with Crippen LogP contribution in [0, 0.1) is 0 Å².